The summed E-state index contributed by atoms with van der Waals surface area (Å²) < 4.78 is 6.42. The lowest BCUT2D eigenvalue weighted by Gasteiger charge is -1.98. The second kappa shape index (κ2) is 5.03. The predicted octanol–water partition coefficient (Wildman–Crippen LogP) is 4.41. The van der Waals surface area contributed by atoms with Crippen molar-refractivity contribution < 1.29 is 4.42 Å². The summed E-state index contributed by atoms with van der Waals surface area (Å²) in [6.45, 7) is 1.88. The molecule has 1 aromatic carbocycles. The van der Waals surface area contributed by atoms with Crippen LogP contribution < -0.4 is 0 Å². The van der Waals surface area contributed by atoms with Crippen molar-refractivity contribution in [2.24, 2.45) is 0 Å². The fraction of sp³-hybridized carbons (Fsp3) is 0.0714. The first kappa shape index (κ1) is 11.7. The summed E-state index contributed by atoms with van der Waals surface area (Å²) in [5, 5.41) is 9.15. The van der Waals surface area contributed by atoms with Gasteiger partial charge in [-0.05, 0) is 42.8 Å². The summed E-state index contributed by atoms with van der Waals surface area (Å²) in [5.74, 6) is 1.53. The molecule has 0 bridgehead atoms. The van der Waals surface area contributed by atoms with Crippen LogP contribution in [-0.4, -0.2) is 0 Å². The average Bonchev–Trinajstić information content (AvgIpc) is 2.73. The maximum absolute atomic E-state index is 9.15. The van der Waals surface area contributed by atoms with Crippen LogP contribution in [0.1, 0.15) is 17.1 Å². The number of hydrogen-bond donors (Lipinski definition) is 0. The van der Waals surface area contributed by atoms with Crippen LogP contribution in [0, 0.1) is 18.3 Å². The molecule has 0 aliphatic heterocycles. The van der Waals surface area contributed by atoms with E-state index in [1.54, 1.807) is 6.08 Å². The molecule has 0 unspecified atom stereocenters. The van der Waals surface area contributed by atoms with Crippen molar-refractivity contribution in [1.29, 1.82) is 5.26 Å². The quantitative estimate of drug-likeness (QED) is 0.767. The number of aryl methyl sites for hydroxylation is 1. The van der Waals surface area contributed by atoms with Gasteiger partial charge in [0.25, 0.3) is 0 Å². The number of allylic oxidation sites excluding steroid dienone is 1. The van der Waals surface area contributed by atoms with E-state index in [0.29, 0.717) is 11.3 Å². The first-order valence-corrected chi connectivity index (χ1v) is 5.92. The molecular formula is C14H10BrNO. The van der Waals surface area contributed by atoms with Crippen LogP contribution in [0.5, 0.6) is 0 Å². The van der Waals surface area contributed by atoms with Crippen molar-refractivity contribution >= 4 is 27.6 Å². The van der Waals surface area contributed by atoms with E-state index in [2.05, 4.69) is 22.0 Å². The molecule has 17 heavy (non-hydrogen) atoms. The van der Waals surface area contributed by atoms with E-state index in [0.717, 1.165) is 15.8 Å². The molecular weight excluding hydrogens is 278 g/mol. The summed E-state index contributed by atoms with van der Waals surface area (Å²) in [6, 6.07) is 13.5. The minimum Gasteiger partial charge on any atom is -0.462 e. The summed E-state index contributed by atoms with van der Waals surface area (Å²) in [5.41, 5.74) is 1.47. The summed E-state index contributed by atoms with van der Waals surface area (Å²) in [7, 11) is 0. The van der Waals surface area contributed by atoms with Crippen LogP contribution in [-0.2, 0) is 0 Å². The Bertz CT molecular complexity index is 587. The summed E-state index contributed by atoms with van der Waals surface area (Å²) >= 11 is 3.37. The zero-order valence-electron chi connectivity index (χ0n) is 9.27. The second-order valence-electron chi connectivity index (χ2n) is 3.63. The Hall–Kier alpha value is -1.79. The van der Waals surface area contributed by atoms with Crippen molar-refractivity contribution in [1.82, 2.24) is 0 Å². The first-order chi connectivity index (χ1) is 8.19. The molecule has 0 fully saturated rings. The fourth-order valence-electron chi connectivity index (χ4n) is 1.48. The normalized spacial score (nSPS) is 11.2. The van der Waals surface area contributed by atoms with Crippen molar-refractivity contribution in [3.63, 3.8) is 0 Å². The van der Waals surface area contributed by atoms with Gasteiger partial charge in [-0.1, -0.05) is 28.1 Å². The zero-order chi connectivity index (χ0) is 12.3. The van der Waals surface area contributed by atoms with E-state index < -0.39 is 0 Å². The van der Waals surface area contributed by atoms with E-state index in [1.807, 2.05) is 43.3 Å². The van der Waals surface area contributed by atoms with Gasteiger partial charge in [0.15, 0.2) is 0 Å². The minimum absolute atomic E-state index is 0.590. The van der Waals surface area contributed by atoms with Gasteiger partial charge in [0.2, 0.25) is 0 Å². The first-order valence-electron chi connectivity index (χ1n) is 5.13. The van der Waals surface area contributed by atoms with Crippen LogP contribution in [0.15, 0.2) is 45.3 Å². The molecule has 1 aromatic heterocycles. The van der Waals surface area contributed by atoms with Gasteiger partial charge in [0, 0.05) is 4.47 Å². The van der Waals surface area contributed by atoms with Gasteiger partial charge < -0.3 is 4.42 Å². The van der Waals surface area contributed by atoms with Gasteiger partial charge in [0.1, 0.15) is 11.5 Å². The lowest BCUT2D eigenvalue weighted by Crippen LogP contribution is -1.80. The second-order valence-corrected chi connectivity index (χ2v) is 4.54. The molecule has 0 spiro atoms. The maximum atomic E-state index is 9.15. The molecule has 0 N–H and O–H groups in total. The zero-order valence-corrected chi connectivity index (χ0v) is 10.9. The molecule has 0 aliphatic carbocycles. The highest BCUT2D eigenvalue weighted by Crippen LogP contribution is 2.20. The molecule has 0 aliphatic rings. The Labute approximate surface area is 108 Å². The van der Waals surface area contributed by atoms with Crippen molar-refractivity contribution in [3.8, 4) is 6.07 Å². The molecule has 0 saturated heterocycles. The largest absolute Gasteiger partial charge is 0.462 e. The standard InChI is InChI=1S/C14H10BrNO/c1-10-2-7-14(17-10)8-12(9-16)11-3-5-13(15)6-4-11/h2-8H,1H3/b12-8-. The Kier molecular flexibility index (Phi) is 3.46. The number of benzene rings is 1. The molecule has 0 saturated carbocycles. The molecule has 3 heteroatoms. The molecule has 1 heterocycles. The van der Waals surface area contributed by atoms with Crippen molar-refractivity contribution in [2.45, 2.75) is 6.92 Å². The third-order valence-electron chi connectivity index (χ3n) is 2.32. The van der Waals surface area contributed by atoms with E-state index in [4.69, 9.17) is 9.68 Å². The van der Waals surface area contributed by atoms with Gasteiger partial charge >= 0.3 is 0 Å². The van der Waals surface area contributed by atoms with Crippen LogP contribution in [0.3, 0.4) is 0 Å². The van der Waals surface area contributed by atoms with Gasteiger partial charge in [-0.2, -0.15) is 5.26 Å². The van der Waals surface area contributed by atoms with E-state index >= 15 is 0 Å². The van der Waals surface area contributed by atoms with Crippen LogP contribution >= 0.6 is 15.9 Å². The van der Waals surface area contributed by atoms with Crippen LogP contribution in [0.2, 0.25) is 0 Å². The molecule has 0 radical (unpaired) electrons. The molecule has 2 nitrogen and oxygen atoms in total. The SMILES string of the molecule is Cc1ccc(/C=C(/C#N)c2ccc(Br)cc2)o1. The maximum Gasteiger partial charge on any atom is 0.128 e. The number of halogens is 1. The number of nitrogens with zero attached hydrogens (tertiary/aromatic N) is 1. The minimum atomic E-state index is 0.590. The Balaban J connectivity index is 2.37. The molecule has 84 valence electrons. The highest BCUT2D eigenvalue weighted by molar-refractivity contribution is 9.10. The Morgan fingerprint density at radius 2 is 1.94 bits per heavy atom. The van der Waals surface area contributed by atoms with E-state index in [-0.39, 0.29) is 0 Å². The predicted molar refractivity (Wildman–Crippen MR) is 71.1 cm³/mol. The van der Waals surface area contributed by atoms with Crippen LogP contribution in [0.4, 0.5) is 0 Å². The Morgan fingerprint density at radius 3 is 2.47 bits per heavy atom. The van der Waals surface area contributed by atoms with Gasteiger partial charge in [-0.25, -0.2) is 0 Å². The molecule has 2 aromatic rings. The molecule has 2 rings (SSSR count). The topological polar surface area (TPSA) is 36.9 Å². The number of hydrogen-bond acceptors (Lipinski definition) is 2. The lowest BCUT2D eigenvalue weighted by molar-refractivity contribution is 0.525. The number of nitriles is 1. The lowest BCUT2D eigenvalue weighted by atomic mass is 10.1. The van der Waals surface area contributed by atoms with Crippen molar-refractivity contribution in [2.75, 3.05) is 0 Å². The monoisotopic (exact) mass is 287 g/mol. The van der Waals surface area contributed by atoms with E-state index in [9.17, 15) is 0 Å². The smallest absolute Gasteiger partial charge is 0.128 e. The number of furan rings is 1. The highest BCUT2D eigenvalue weighted by Gasteiger charge is 2.02. The molecule has 0 amide bonds. The van der Waals surface area contributed by atoms with Gasteiger partial charge in [0.05, 0.1) is 11.6 Å². The van der Waals surface area contributed by atoms with Gasteiger partial charge in [-0.15, -0.1) is 0 Å². The Morgan fingerprint density at radius 1 is 1.24 bits per heavy atom. The fourth-order valence-corrected chi connectivity index (χ4v) is 1.75. The number of rotatable bonds is 2. The van der Waals surface area contributed by atoms with Gasteiger partial charge in [-0.3, -0.25) is 0 Å². The third kappa shape index (κ3) is 2.86. The van der Waals surface area contributed by atoms with Crippen LogP contribution in [0.25, 0.3) is 11.6 Å². The summed E-state index contributed by atoms with van der Waals surface area (Å²) in [4.78, 5) is 0. The van der Waals surface area contributed by atoms with Crippen molar-refractivity contribution in [3.05, 3.63) is 58.0 Å². The molecule has 0 atom stereocenters. The highest BCUT2D eigenvalue weighted by atomic mass is 79.9. The summed E-state index contributed by atoms with van der Waals surface area (Å²) in [6.07, 6.45) is 1.75. The third-order valence-corrected chi connectivity index (χ3v) is 2.85. The average molecular weight is 288 g/mol. The van der Waals surface area contributed by atoms with E-state index in [1.165, 1.54) is 0 Å².